The van der Waals surface area contributed by atoms with Gasteiger partial charge in [0.15, 0.2) is 0 Å². The van der Waals surface area contributed by atoms with Crippen molar-refractivity contribution in [2.45, 2.75) is 39.1 Å². The first-order valence-electron chi connectivity index (χ1n) is 7.16. The van der Waals surface area contributed by atoms with E-state index >= 15 is 0 Å². The van der Waals surface area contributed by atoms with Crippen LogP contribution in [0.15, 0.2) is 15.4 Å². The van der Waals surface area contributed by atoms with E-state index < -0.39 is 10.0 Å². The zero-order chi connectivity index (χ0) is 14.9. The van der Waals surface area contributed by atoms with E-state index in [0.29, 0.717) is 47.9 Å². The molecule has 1 aromatic heterocycles. The fourth-order valence-electron chi connectivity index (χ4n) is 2.53. The van der Waals surface area contributed by atoms with Crippen molar-refractivity contribution in [1.29, 1.82) is 0 Å². The highest BCUT2D eigenvalue weighted by Gasteiger charge is 2.36. The van der Waals surface area contributed by atoms with Crippen LogP contribution in [0.2, 0.25) is 0 Å². The van der Waals surface area contributed by atoms with E-state index in [1.165, 1.54) is 0 Å². The largest absolute Gasteiger partial charge is 0.464 e. The molecule has 1 aliphatic heterocycles. The van der Waals surface area contributed by atoms with E-state index in [2.05, 4.69) is 19.2 Å². The Kier molecular flexibility index (Phi) is 4.56. The summed E-state index contributed by atoms with van der Waals surface area (Å²) < 4.78 is 32.5. The second kappa shape index (κ2) is 5.87. The lowest BCUT2D eigenvalue weighted by Crippen LogP contribution is -2.29. The van der Waals surface area contributed by atoms with Crippen LogP contribution in [-0.2, 0) is 16.6 Å². The van der Waals surface area contributed by atoms with Gasteiger partial charge in [-0.2, -0.15) is 4.31 Å². The fraction of sp³-hybridized carbons (Fsp3) is 0.714. The lowest BCUT2D eigenvalue weighted by Gasteiger charge is -2.15. The van der Waals surface area contributed by atoms with Gasteiger partial charge in [-0.1, -0.05) is 20.8 Å². The zero-order valence-corrected chi connectivity index (χ0v) is 13.5. The van der Waals surface area contributed by atoms with Crippen LogP contribution in [0, 0.1) is 18.8 Å². The van der Waals surface area contributed by atoms with Gasteiger partial charge in [-0.05, 0) is 25.3 Å². The second-order valence-electron chi connectivity index (χ2n) is 5.69. The van der Waals surface area contributed by atoms with E-state index in [4.69, 9.17) is 4.42 Å². The van der Waals surface area contributed by atoms with Gasteiger partial charge < -0.3 is 9.73 Å². The molecule has 6 heteroatoms. The molecule has 20 heavy (non-hydrogen) atoms. The highest BCUT2D eigenvalue weighted by molar-refractivity contribution is 7.89. The van der Waals surface area contributed by atoms with Gasteiger partial charge in [-0.15, -0.1) is 0 Å². The Hall–Kier alpha value is -0.850. The Morgan fingerprint density at radius 3 is 2.50 bits per heavy atom. The van der Waals surface area contributed by atoms with Crippen LogP contribution in [0.25, 0.3) is 0 Å². The second-order valence-corrected chi connectivity index (χ2v) is 7.60. The number of sulfonamides is 1. The van der Waals surface area contributed by atoms with Crippen molar-refractivity contribution in [2.75, 3.05) is 19.6 Å². The molecule has 0 amide bonds. The summed E-state index contributed by atoms with van der Waals surface area (Å²) in [6.07, 6.45) is 0. The van der Waals surface area contributed by atoms with Crippen molar-refractivity contribution in [3.63, 3.8) is 0 Å². The molecule has 0 aromatic carbocycles. The predicted octanol–water partition coefficient (Wildman–Crippen LogP) is 1.97. The van der Waals surface area contributed by atoms with Crippen molar-refractivity contribution in [2.24, 2.45) is 11.8 Å². The number of hydrogen-bond acceptors (Lipinski definition) is 4. The maximum Gasteiger partial charge on any atom is 0.246 e. The van der Waals surface area contributed by atoms with Crippen LogP contribution < -0.4 is 5.32 Å². The Morgan fingerprint density at radius 2 is 1.95 bits per heavy atom. The molecule has 1 aromatic rings. The average Bonchev–Trinajstić information content (AvgIpc) is 2.92. The maximum atomic E-state index is 12.7. The third-order valence-electron chi connectivity index (χ3n) is 4.04. The maximum absolute atomic E-state index is 12.7. The van der Waals surface area contributed by atoms with Gasteiger partial charge in [0.05, 0.1) is 6.54 Å². The molecule has 2 rings (SSSR count). The number of hydrogen-bond donors (Lipinski definition) is 1. The van der Waals surface area contributed by atoms with Gasteiger partial charge in [0.2, 0.25) is 10.0 Å². The normalized spacial score (nSPS) is 24.4. The fourth-order valence-corrected chi connectivity index (χ4v) is 4.35. The molecular formula is C14H24N2O3S. The van der Waals surface area contributed by atoms with Crippen molar-refractivity contribution >= 4 is 10.0 Å². The number of nitrogens with one attached hydrogen (secondary N) is 1. The molecule has 2 heterocycles. The highest BCUT2D eigenvalue weighted by Crippen LogP contribution is 2.30. The zero-order valence-electron chi connectivity index (χ0n) is 12.6. The number of nitrogens with zero attached hydrogens (tertiary/aromatic N) is 1. The summed E-state index contributed by atoms with van der Waals surface area (Å²) in [7, 11) is -3.43. The molecule has 5 nitrogen and oxygen atoms in total. The highest BCUT2D eigenvalue weighted by atomic mass is 32.2. The first kappa shape index (κ1) is 15.5. The third-order valence-corrected chi connectivity index (χ3v) is 5.98. The van der Waals surface area contributed by atoms with Crippen LogP contribution in [0.5, 0.6) is 0 Å². The Labute approximate surface area is 121 Å². The Balaban J connectivity index is 2.24. The van der Waals surface area contributed by atoms with E-state index in [0.717, 1.165) is 6.54 Å². The molecule has 0 spiro atoms. The van der Waals surface area contributed by atoms with Gasteiger partial charge in [-0.25, -0.2) is 8.42 Å². The predicted molar refractivity (Wildman–Crippen MR) is 77.9 cm³/mol. The van der Waals surface area contributed by atoms with Gasteiger partial charge in [0.25, 0.3) is 0 Å². The Morgan fingerprint density at radius 1 is 1.35 bits per heavy atom. The topological polar surface area (TPSA) is 62.6 Å². The molecule has 2 atom stereocenters. The molecule has 2 unspecified atom stereocenters. The summed E-state index contributed by atoms with van der Waals surface area (Å²) in [5.41, 5.74) is 0. The molecule has 0 aliphatic carbocycles. The quantitative estimate of drug-likeness (QED) is 0.903. The van der Waals surface area contributed by atoms with E-state index in [1.807, 2.05) is 6.92 Å². The summed E-state index contributed by atoms with van der Waals surface area (Å²) in [6.45, 7) is 10.5. The standard InChI is InChI=1S/C14H24N2O3S/c1-5-15-7-13-6-14(12(4)19-13)20(17,18)16-8-10(2)11(3)9-16/h6,10-11,15H,5,7-9H2,1-4H3. The summed E-state index contributed by atoms with van der Waals surface area (Å²) in [4.78, 5) is 0.312. The summed E-state index contributed by atoms with van der Waals surface area (Å²) in [5, 5.41) is 3.14. The first-order valence-corrected chi connectivity index (χ1v) is 8.60. The number of furan rings is 1. The summed E-state index contributed by atoms with van der Waals surface area (Å²) in [6, 6.07) is 1.65. The molecule has 114 valence electrons. The molecule has 0 bridgehead atoms. The van der Waals surface area contributed by atoms with Crippen LogP contribution in [0.1, 0.15) is 32.3 Å². The SMILES string of the molecule is CCNCc1cc(S(=O)(=O)N2CC(C)C(C)C2)c(C)o1. The monoisotopic (exact) mass is 300 g/mol. The van der Waals surface area contributed by atoms with Crippen LogP contribution in [-0.4, -0.2) is 32.4 Å². The lowest BCUT2D eigenvalue weighted by molar-refractivity contribution is 0.448. The minimum absolute atomic E-state index is 0.312. The van der Waals surface area contributed by atoms with Crippen molar-refractivity contribution < 1.29 is 12.8 Å². The smallest absolute Gasteiger partial charge is 0.246 e. The van der Waals surface area contributed by atoms with Crippen molar-refractivity contribution in [3.8, 4) is 0 Å². The van der Waals surface area contributed by atoms with Crippen LogP contribution >= 0.6 is 0 Å². The molecule has 1 saturated heterocycles. The summed E-state index contributed by atoms with van der Waals surface area (Å²) in [5.74, 6) is 1.95. The van der Waals surface area contributed by atoms with Gasteiger partial charge in [-0.3, -0.25) is 0 Å². The van der Waals surface area contributed by atoms with E-state index in [-0.39, 0.29) is 0 Å². The lowest BCUT2D eigenvalue weighted by atomic mass is 10.0. The minimum atomic E-state index is -3.43. The molecule has 1 aliphatic rings. The summed E-state index contributed by atoms with van der Waals surface area (Å²) >= 11 is 0. The average molecular weight is 300 g/mol. The van der Waals surface area contributed by atoms with Gasteiger partial charge >= 0.3 is 0 Å². The van der Waals surface area contributed by atoms with E-state index in [1.54, 1.807) is 17.3 Å². The van der Waals surface area contributed by atoms with Crippen LogP contribution in [0.4, 0.5) is 0 Å². The molecule has 0 saturated carbocycles. The Bertz CT molecular complexity index is 555. The van der Waals surface area contributed by atoms with Gasteiger partial charge in [0.1, 0.15) is 16.4 Å². The first-order chi connectivity index (χ1) is 9.36. The minimum Gasteiger partial charge on any atom is -0.464 e. The van der Waals surface area contributed by atoms with Crippen molar-refractivity contribution in [3.05, 3.63) is 17.6 Å². The van der Waals surface area contributed by atoms with E-state index in [9.17, 15) is 8.42 Å². The van der Waals surface area contributed by atoms with Crippen molar-refractivity contribution in [1.82, 2.24) is 9.62 Å². The molecule has 0 radical (unpaired) electrons. The molecule has 1 fully saturated rings. The van der Waals surface area contributed by atoms with Crippen LogP contribution in [0.3, 0.4) is 0 Å². The third kappa shape index (κ3) is 2.92. The van der Waals surface area contributed by atoms with Gasteiger partial charge in [0, 0.05) is 19.2 Å². The number of rotatable bonds is 5. The molecular weight excluding hydrogens is 276 g/mol. The number of aryl methyl sites for hydroxylation is 1. The molecule has 1 N–H and O–H groups in total.